The van der Waals surface area contributed by atoms with Crippen molar-refractivity contribution in [2.45, 2.75) is 90.3 Å². The van der Waals surface area contributed by atoms with Gasteiger partial charge in [-0.25, -0.2) is 0 Å². The van der Waals surface area contributed by atoms with Gasteiger partial charge in [-0.3, -0.25) is 15.0 Å². The molecule has 2 saturated heterocycles. The molecule has 3 rings (SSSR count). The van der Waals surface area contributed by atoms with Crippen LogP contribution in [0.5, 0.6) is 0 Å². The molecular formula is C21H39N3O. The Morgan fingerprint density at radius 2 is 1.88 bits per heavy atom. The van der Waals surface area contributed by atoms with Crippen molar-refractivity contribution >= 4 is 5.91 Å². The van der Waals surface area contributed by atoms with Crippen molar-refractivity contribution < 1.29 is 4.79 Å². The van der Waals surface area contributed by atoms with Gasteiger partial charge in [0.05, 0.1) is 5.66 Å². The summed E-state index contributed by atoms with van der Waals surface area (Å²) in [4.78, 5) is 17.5. The van der Waals surface area contributed by atoms with E-state index in [9.17, 15) is 4.79 Å². The summed E-state index contributed by atoms with van der Waals surface area (Å²) in [5, 5.41) is 3.99. The topological polar surface area (TPSA) is 35.6 Å². The molecule has 0 aromatic heterocycles. The third kappa shape index (κ3) is 4.39. The summed E-state index contributed by atoms with van der Waals surface area (Å²) in [7, 11) is 0. The fraction of sp³-hybridized carbons (Fsp3) is 0.952. The first-order valence-corrected chi connectivity index (χ1v) is 10.8. The van der Waals surface area contributed by atoms with Crippen LogP contribution in [0.4, 0.5) is 0 Å². The molecule has 4 heteroatoms. The van der Waals surface area contributed by atoms with E-state index in [4.69, 9.17) is 0 Å². The van der Waals surface area contributed by atoms with Crippen molar-refractivity contribution in [3.63, 3.8) is 0 Å². The second-order valence-corrected chi connectivity index (χ2v) is 9.06. The number of carbonyl (C=O) groups excluding carboxylic acids is 1. The van der Waals surface area contributed by atoms with E-state index in [0.29, 0.717) is 23.8 Å². The third-order valence-electron chi connectivity index (χ3n) is 6.94. The van der Waals surface area contributed by atoms with Crippen LogP contribution in [0.3, 0.4) is 0 Å². The molecule has 3 aliphatic rings. The maximum absolute atomic E-state index is 12.7. The van der Waals surface area contributed by atoms with Gasteiger partial charge < -0.3 is 4.90 Å². The average molecular weight is 350 g/mol. The lowest BCUT2D eigenvalue weighted by Crippen LogP contribution is -2.59. The van der Waals surface area contributed by atoms with E-state index in [1.165, 1.54) is 51.6 Å². The van der Waals surface area contributed by atoms with E-state index < -0.39 is 0 Å². The van der Waals surface area contributed by atoms with E-state index in [0.717, 1.165) is 32.4 Å². The van der Waals surface area contributed by atoms with Crippen LogP contribution in [0.2, 0.25) is 0 Å². The third-order valence-corrected chi connectivity index (χ3v) is 6.94. The van der Waals surface area contributed by atoms with Gasteiger partial charge in [-0.2, -0.15) is 0 Å². The van der Waals surface area contributed by atoms with Gasteiger partial charge in [0.2, 0.25) is 5.91 Å². The van der Waals surface area contributed by atoms with Crippen molar-refractivity contribution in [2.24, 2.45) is 11.8 Å². The highest BCUT2D eigenvalue weighted by Gasteiger charge is 2.47. The minimum Gasteiger partial charge on any atom is -0.342 e. The van der Waals surface area contributed by atoms with Crippen molar-refractivity contribution in [1.82, 2.24) is 15.1 Å². The fourth-order valence-corrected chi connectivity index (χ4v) is 5.10. The van der Waals surface area contributed by atoms with Crippen molar-refractivity contribution in [1.29, 1.82) is 0 Å². The summed E-state index contributed by atoms with van der Waals surface area (Å²) in [6.07, 6.45) is 10.7. The predicted octanol–water partition coefficient (Wildman–Crippen LogP) is 3.62. The van der Waals surface area contributed by atoms with Crippen LogP contribution in [-0.2, 0) is 4.79 Å². The number of carbonyl (C=O) groups is 1. The summed E-state index contributed by atoms with van der Waals surface area (Å²) in [6, 6.07) is 0.595. The number of likely N-dealkylation sites (tertiary alicyclic amines) is 1. The number of hydrogen-bond acceptors (Lipinski definition) is 3. The van der Waals surface area contributed by atoms with E-state index in [1.807, 2.05) is 0 Å². The zero-order chi connectivity index (χ0) is 17.9. The number of unbranched alkanes of at least 4 members (excludes halogenated alkanes) is 1. The number of piperidine rings is 1. The van der Waals surface area contributed by atoms with E-state index >= 15 is 0 Å². The molecule has 3 fully saturated rings. The fourth-order valence-electron chi connectivity index (χ4n) is 5.10. The number of nitrogens with zero attached hydrogens (tertiary/aromatic N) is 2. The van der Waals surface area contributed by atoms with E-state index in [-0.39, 0.29) is 5.66 Å². The van der Waals surface area contributed by atoms with Gasteiger partial charge >= 0.3 is 0 Å². The lowest BCUT2D eigenvalue weighted by molar-refractivity contribution is -0.135. The summed E-state index contributed by atoms with van der Waals surface area (Å²) in [5.41, 5.74) is 0.147. The molecule has 0 radical (unpaired) electrons. The molecule has 0 aromatic carbocycles. The number of rotatable bonds is 6. The quantitative estimate of drug-likeness (QED) is 0.795. The Balaban J connectivity index is 1.56. The lowest BCUT2D eigenvalue weighted by atomic mass is 9.94. The van der Waals surface area contributed by atoms with Crippen LogP contribution in [-0.4, -0.2) is 53.6 Å². The molecule has 1 unspecified atom stereocenters. The Morgan fingerprint density at radius 1 is 1.20 bits per heavy atom. The van der Waals surface area contributed by atoms with Crippen LogP contribution in [0.15, 0.2) is 0 Å². The van der Waals surface area contributed by atoms with Crippen LogP contribution >= 0.6 is 0 Å². The average Bonchev–Trinajstić information content (AvgIpc) is 3.22. The molecule has 2 aliphatic heterocycles. The van der Waals surface area contributed by atoms with Crippen LogP contribution in [0, 0.1) is 11.8 Å². The normalized spacial score (nSPS) is 27.7. The van der Waals surface area contributed by atoms with Crippen molar-refractivity contribution in [3.05, 3.63) is 0 Å². The second-order valence-electron chi connectivity index (χ2n) is 9.06. The zero-order valence-corrected chi connectivity index (χ0v) is 16.7. The Hall–Kier alpha value is -0.610. The molecular weight excluding hydrogens is 310 g/mol. The highest BCUT2D eigenvalue weighted by atomic mass is 16.2. The molecule has 4 nitrogen and oxygen atoms in total. The summed E-state index contributed by atoms with van der Waals surface area (Å²) >= 11 is 0. The molecule has 1 amide bonds. The van der Waals surface area contributed by atoms with E-state index in [1.54, 1.807) is 0 Å². The first kappa shape index (κ1) is 19.2. The number of amides is 1. The minimum atomic E-state index is 0.147. The van der Waals surface area contributed by atoms with Gasteiger partial charge in [-0.1, -0.05) is 40.0 Å². The summed E-state index contributed by atoms with van der Waals surface area (Å²) in [6.45, 7) is 11.2. The molecule has 0 aromatic rings. The predicted molar refractivity (Wildman–Crippen MR) is 103 cm³/mol. The zero-order valence-electron chi connectivity index (χ0n) is 16.7. The van der Waals surface area contributed by atoms with Gasteiger partial charge in [0, 0.05) is 32.1 Å². The Bertz CT molecular complexity index is 436. The lowest BCUT2D eigenvalue weighted by Gasteiger charge is -2.45. The SMILES string of the molecule is CCCCN1CC(C(C)C)NC12CCN(C(=O)CC1CCCC1)CC2. The summed E-state index contributed by atoms with van der Waals surface area (Å²) in [5.74, 6) is 1.75. The van der Waals surface area contributed by atoms with Crippen LogP contribution < -0.4 is 5.32 Å². The molecule has 1 spiro atoms. The molecule has 1 atom stereocenters. The first-order chi connectivity index (χ1) is 12.0. The van der Waals surface area contributed by atoms with Gasteiger partial charge in [-0.15, -0.1) is 0 Å². The van der Waals surface area contributed by atoms with Crippen molar-refractivity contribution in [3.8, 4) is 0 Å². The summed E-state index contributed by atoms with van der Waals surface area (Å²) < 4.78 is 0. The maximum Gasteiger partial charge on any atom is 0.222 e. The van der Waals surface area contributed by atoms with Gasteiger partial charge in [0.1, 0.15) is 0 Å². The second kappa shape index (κ2) is 8.39. The molecule has 0 bridgehead atoms. The monoisotopic (exact) mass is 349 g/mol. The smallest absolute Gasteiger partial charge is 0.222 e. The minimum absolute atomic E-state index is 0.147. The Morgan fingerprint density at radius 3 is 2.48 bits per heavy atom. The maximum atomic E-state index is 12.7. The molecule has 144 valence electrons. The highest BCUT2D eigenvalue weighted by molar-refractivity contribution is 5.76. The Kier molecular flexibility index (Phi) is 6.43. The molecule has 1 N–H and O–H groups in total. The Labute approximate surface area is 154 Å². The highest BCUT2D eigenvalue weighted by Crippen LogP contribution is 2.34. The molecule has 25 heavy (non-hydrogen) atoms. The van der Waals surface area contributed by atoms with Gasteiger partial charge in [0.25, 0.3) is 0 Å². The van der Waals surface area contributed by atoms with Gasteiger partial charge in [-0.05, 0) is 50.5 Å². The van der Waals surface area contributed by atoms with Crippen LogP contribution in [0.1, 0.15) is 78.6 Å². The van der Waals surface area contributed by atoms with Gasteiger partial charge in [0.15, 0.2) is 0 Å². The van der Waals surface area contributed by atoms with Crippen LogP contribution in [0.25, 0.3) is 0 Å². The number of hydrogen-bond donors (Lipinski definition) is 1. The molecule has 1 saturated carbocycles. The molecule has 1 aliphatic carbocycles. The first-order valence-electron chi connectivity index (χ1n) is 10.8. The van der Waals surface area contributed by atoms with E-state index in [2.05, 4.69) is 35.9 Å². The number of nitrogens with one attached hydrogen (secondary N) is 1. The largest absolute Gasteiger partial charge is 0.342 e. The standard InChI is InChI=1S/C21H39N3O/c1-4-5-12-24-16-19(17(2)3)22-21(24)10-13-23(14-11-21)20(25)15-18-8-6-7-9-18/h17-19,22H,4-16H2,1-3H3. The molecule has 2 heterocycles. The van der Waals surface area contributed by atoms with Crippen molar-refractivity contribution in [2.75, 3.05) is 26.2 Å².